The van der Waals surface area contributed by atoms with Gasteiger partial charge in [-0.25, -0.2) is 9.59 Å². The van der Waals surface area contributed by atoms with E-state index in [4.69, 9.17) is 16.6 Å². The van der Waals surface area contributed by atoms with Gasteiger partial charge in [-0.15, -0.1) is 18.2 Å². The van der Waals surface area contributed by atoms with Crippen molar-refractivity contribution in [3.8, 4) is 12.3 Å². The maximum atomic E-state index is 11.2. The molecule has 0 aromatic carbocycles. The number of carbonyl (C=O) groups excluding carboxylic acids is 1. The summed E-state index contributed by atoms with van der Waals surface area (Å²) >= 11 is 1.48. The highest BCUT2D eigenvalue weighted by Crippen LogP contribution is 1.96. The Morgan fingerprint density at radius 2 is 2.18 bits per heavy atom. The lowest BCUT2D eigenvalue weighted by atomic mass is 10.2. The summed E-state index contributed by atoms with van der Waals surface area (Å²) in [7, 11) is 0. The lowest BCUT2D eigenvalue weighted by Gasteiger charge is -2.17. The maximum Gasteiger partial charge on any atom is 0.328 e. The Kier molecular flexibility index (Phi) is 8.01. The molecule has 4 N–H and O–H groups in total. The van der Waals surface area contributed by atoms with Gasteiger partial charge in [0.2, 0.25) is 0 Å². The molecule has 0 heterocycles. The number of nitrogens with one attached hydrogen (secondary N) is 2. The minimum atomic E-state index is -1.31. The molecule has 6 nitrogen and oxygen atoms in total. The number of carbonyl (C=O) groups is 2. The standard InChI is InChI=1S/C10H16N2O4S/c1-3-5-17-6-4-11-10(16)12-8(7(2)13)9(14)15/h1,7-8,13H,4-6H2,2H3,(H,14,15)(H2,11,12,16)/t7-,8+/m1/s1. The molecule has 17 heavy (non-hydrogen) atoms. The highest BCUT2D eigenvalue weighted by Gasteiger charge is 2.24. The average Bonchev–Trinajstić information content (AvgIpc) is 2.24. The SMILES string of the molecule is C#CCSCCNC(=O)N[C@H](C(=O)O)[C@@H](C)O. The van der Waals surface area contributed by atoms with E-state index in [9.17, 15) is 9.59 Å². The smallest absolute Gasteiger partial charge is 0.328 e. The minimum absolute atomic E-state index is 0.379. The van der Waals surface area contributed by atoms with Gasteiger partial charge >= 0.3 is 12.0 Å². The van der Waals surface area contributed by atoms with E-state index in [0.29, 0.717) is 18.1 Å². The summed E-state index contributed by atoms with van der Waals surface area (Å²) in [5, 5.41) is 22.5. The normalized spacial score (nSPS) is 13.2. The molecule has 0 aliphatic carbocycles. The highest BCUT2D eigenvalue weighted by molar-refractivity contribution is 7.99. The van der Waals surface area contributed by atoms with Crippen LogP contribution in [0.1, 0.15) is 6.92 Å². The topological polar surface area (TPSA) is 98.7 Å². The van der Waals surface area contributed by atoms with Crippen molar-refractivity contribution < 1.29 is 19.8 Å². The zero-order chi connectivity index (χ0) is 13.3. The molecule has 0 aliphatic rings. The number of hydrogen-bond acceptors (Lipinski definition) is 4. The first-order valence-electron chi connectivity index (χ1n) is 4.95. The van der Waals surface area contributed by atoms with Crippen LogP contribution in [0, 0.1) is 12.3 Å². The number of carboxylic acid groups (broad SMARTS) is 1. The van der Waals surface area contributed by atoms with Crippen LogP contribution in [0.5, 0.6) is 0 Å². The molecule has 0 aliphatic heterocycles. The van der Waals surface area contributed by atoms with Crippen molar-refractivity contribution in [2.75, 3.05) is 18.1 Å². The van der Waals surface area contributed by atoms with Crippen molar-refractivity contribution in [1.82, 2.24) is 10.6 Å². The van der Waals surface area contributed by atoms with Crippen LogP contribution in [-0.4, -0.2) is 52.4 Å². The molecule has 0 radical (unpaired) electrons. The Labute approximate surface area is 104 Å². The van der Waals surface area contributed by atoms with Gasteiger partial charge in [-0.2, -0.15) is 0 Å². The van der Waals surface area contributed by atoms with E-state index >= 15 is 0 Å². The van der Waals surface area contributed by atoms with Crippen molar-refractivity contribution in [2.24, 2.45) is 0 Å². The van der Waals surface area contributed by atoms with Crippen LogP contribution >= 0.6 is 11.8 Å². The molecule has 7 heteroatoms. The third-order valence-corrected chi connectivity index (χ3v) is 2.62. The Bertz CT molecular complexity index is 301. The van der Waals surface area contributed by atoms with E-state index in [-0.39, 0.29) is 0 Å². The summed E-state index contributed by atoms with van der Waals surface area (Å²) in [5.41, 5.74) is 0. The van der Waals surface area contributed by atoms with Gasteiger partial charge in [0.25, 0.3) is 0 Å². The lowest BCUT2D eigenvalue weighted by Crippen LogP contribution is -2.51. The van der Waals surface area contributed by atoms with Crippen LogP contribution in [0.4, 0.5) is 4.79 Å². The Morgan fingerprint density at radius 3 is 2.65 bits per heavy atom. The van der Waals surface area contributed by atoms with Crippen LogP contribution in [0.15, 0.2) is 0 Å². The van der Waals surface area contributed by atoms with Crippen molar-refractivity contribution in [3.63, 3.8) is 0 Å². The number of aliphatic carboxylic acids is 1. The molecule has 0 fully saturated rings. The Balaban J connectivity index is 3.84. The summed E-state index contributed by atoms with van der Waals surface area (Å²) in [6.07, 6.45) is 3.88. The first-order chi connectivity index (χ1) is 7.99. The molecule has 0 bridgehead atoms. The van der Waals surface area contributed by atoms with Gasteiger partial charge < -0.3 is 20.8 Å². The fourth-order valence-corrected chi connectivity index (χ4v) is 1.46. The van der Waals surface area contributed by atoms with Gasteiger partial charge in [-0.3, -0.25) is 0 Å². The zero-order valence-corrected chi connectivity index (χ0v) is 10.3. The number of carboxylic acids is 1. The molecule has 2 atom stereocenters. The van der Waals surface area contributed by atoms with E-state index in [1.807, 2.05) is 0 Å². The number of urea groups is 1. The number of thioether (sulfide) groups is 1. The zero-order valence-electron chi connectivity index (χ0n) is 9.47. The van der Waals surface area contributed by atoms with Crippen molar-refractivity contribution in [2.45, 2.75) is 19.1 Å². The molecule has 2 amide bonds. The lowest BCUT2D eigenvalue weighted by molar-refractivity contribution is -0.141. The molecule has 0 saturated heterocycles. The number of aliphatic hydroxyl groups is 1. The number of amides is 2. The predicted molar refractivity (Wildman–Crippen MR) is 65.8 cm³/mol. The van der Waals surface area contributed by atoms with Gasteiger partial charge in [0.15, 0.2) is 6.04 Å². The van der Waals surface area contributed by atoms with E-state index in [1.165, 1.54) is 18.7 Å². The number of terminal acetylenes is 1. The highest BCUT2D eigenvalue weighted by atomic mass is 32.2. The number of rotatable bonds is 7. The second kappa shape index (κ2) is 8.73. The fourth-order valence-electron chi connectivity index (χ4n) is 0.949. The molecule has 0 aromatic rings. The largest absolute Gasteiger partial charge is 0.480 e. The molecule has 0 aromatic heterocycles. The first kappa shape index (κ1) is 15.6. The molecule has 0 unspecified atom stereocenters. The van der Waals surface area contributed by atoms with Crippen molar-refractivity contribution >= 4 is 23.8 Å². The summed E-state index contributed by atoms with van der Waals surface area (Å²) in [5.74, 6) is 2.37. The first-order valence-corrected chi connectivity index (χ1v) is 6.11. The molecular weight excluding hydrogens is 244 g/mol. The maximum absolute atomic E-state index is 11.2. The molecule has 0 saturated carbocycles. The second-order valence-electron chi connectivity index (χ2n) is 3.21. The quantitative estimate of drug-likeness (QED) is 0.365. The summed E-state index contributed by atoms with van der Waals surface area (Å²) in [6, 6.07) is -1.94. The van der Waals surface area contributed by atoms with Crippen LogP contribution in [0.25, 0.3) is 0 Å². The minimum Gasteiger partial charge on any atom is -0.480 e. The monoisotopic (exact) mass is 260 g/mol. The summed E-state index contributed by atoms with van der Waals surface area (Å²) < 4.78 is 0. The van der Waals surface area contributed by atoms with Crippen molar-refractivity contribution in [3.05, 3.63) is 0 Å². The fraction of sp³-hybridized carbons (Fsp3) is 0.600. The van der Waals surface area contributed by atoms with Crippen LogP contribution in [0.2, 0.25) is 0 Å². The third kappa shape index (κ3) is 7.49. The number of aliphatic hydroxyl groups excluding tert-OH is 1. The van der Waals surface area contributed by atoms with Gasteiger partial charge in [-0.1, -0.05) is 5.92 Å². The van der Waals surface area contributed by atoms with E-state index in [1.54, 1.807) is 0 Å². The Hall–Kier alpha value is -1.39. The average molecular weight is 260 g/mol. The van der Waals surface area contributed by atoms with E-state index in [2.05, 4.69) is 16.6 Å². The predicted octanol–water partition coefficient (Wildman–Crippen LogP) is -0.514. The van der Waals surface area contributed by atoms with E-state index in [0.717, 1.165) is 0 Å². The van der Waals surface area contributed by atoms with Crippen molar-refractivity contribution in [1.29, 1.82) is 0 Å². The van der Waals surface area contributed by atoms with Gasteiger partial charge in [0, 0.05) is 12.3 Å². The van der Waals surface area contributed by atoms with Crippen LogP contribution in [-0.2, 0) is 4.79 Å². The third-order valence-electron chi connectivity index (χ3n) is 1.75. The second-order valence-corrected chi connectivity index (χ2v) is 4.32. The van der Waals surface area contributed by atoms with Crippen LogP contribution in [0.3, 0.4) is 0 Å². The molecule has 96 valence electrons. The summed E-state index contributed by atoms with van der Waals surface area (Å²) in [4.78, 5) is 21.9. The van der Waals surface area contributed by atoms with Gasteiger partial charge in [-0.05, 0) is 6.92 Å². The summed E-state index contributed by atoms with van der Waals surface area (Å²) in [6.45, 7) is 1.67. The number of hydrogen-bond donors (Lipinski definition) is 4. The Morgan fingerprint density at radius 1 is 1.53 bits per heavy atom. The van der Waals surface area contributed by atoms with Crippen LogP contribution < -0.4 is 10.6 Å². The molecule has 0 spiro atoms. The van der Waals surface area contributed by atoms with Gasteiger partial charge in [0.05, 0.1) is 11.9 Å². The van der Waals surface area contributed by atoms with E-state index < -0.39 is 24.1 Å². The molecule has 0 rings (SSSR count). The molecular formula is C10H16N2O4S. The van der Waals surface area contributed by atoms with Gasteiger partial charge in [0.1, 0.15) is 0 Å².